The topological polar surface area (TPSA) is 46.0 Å². The highest BCUT2D eigenvalue weighted by atomic mass is 32.1. The van der Waals surface area contributed by atoms with Gasteiger partial charge < -0.3 is 19.9 Å². The molecule has 6 heteroatoms. The fourth-order valence-electron chi connectivity index (χ4n) is 4.70. The molecule has 2 N–H and O–H groups in total. The minimum Gasteiger partial charge on any atom is -0.465 e. The molecule has 1 saturated heterocycles. The molecule has 2 aliphatic rings. The van der Waals surface area contributed by atoms with Crippen LogP contribution in [0.5, 0.6) is 0 Å². The van der Waals surface area contributed by atoms with Crippen LogP contribution < -0.4 is 10.2 Å². The fraction of sp³-hybridized carbons (Fsp3) is 0.636. The van der Waals surface area contributed by atoms with Gasteiger partial charge in [0.2, 0.25) is 0 Å². The third kappa shape index (κ3) is 5.23. The molecule has 1 unspecified atom stereocenters. The fourth-order valence-corrected chi connectivity index (χ4v) is 4.93. The molecule has 3 rings (SSSR count). The van der Waals surface area contributed by atoms with Gasteiger partial charge in [0.05, 0.1) is 26.2 Å². The van der Waals surface area contributed by atoms with E-state index in [1.807, 2.05) is 6.92 Å². The van der Waals surface area contributed by atoms with Gasteiger partial charge in [-0.25, -0.2) is 0 Å². The minimum atomic E-state index is -0.249. The van der Waals surface area contributed by atoms with Gasteiger partial charge in [-0.2, -0.15) is 0 Å². The Morgan fingerprint density at radius 2 is 1.96 bits per heavy atom. The summed E-state index contributed by atoms with van der Waals surface area (Å²) in [5.74, 6) is -0.249. The van der Waals surface area contributed by atoms with Crippen LogP contribution in [0.2, 0.25) is 0 Å². The first-order valence-electron chi connectivity index (χ1n) is 10.6. The van der Waals surface area contributed by atoms with E-state index in [0.717, 1.165) is 26.2 Å². The summed E-state index contributed by atoms with van der Waals surface area (Å²) in [6.07, 6.45) is 6.45. The second-order valence-corrected chi connectivity index (χ2v) is 8.63. The Bertz CT molecular complexity index is 671. The van der Waals surface area contributed by atoms with E-state index in [4.69, 9.17) is 17.0 Å². The van der Waals surface area contributed by atoms with Gasteiger partial charge in [-0.1, -0.05) is 36.2 Å². The third-order valence-electron chi connectivity index (χ3n) is 6.25. The standard InChI is InChI=1S/C22H33N3O2S/c1-3-27-20(26)15-23-21(28)24-13-14-25(16-19-9-7-18(2)8-10-19)22(17-24)11-5-4-6-12-22/h7-10H,3-6,11-17H2,1-2H3,(H,23,28)/p+1. The van der Waals surface area contributed by atoms with Crippen LogP contribution in [0.25, 0.3) is 0 Å². The average Bonchev–Trinajstić information content (AvgIpc) is 2.70. The predicted molar refractivity (Wildman–Crippen MR) is 115 cm³/mol. The van der Waals surface area contributed by atoms with Crippen LogP contribution >= 0.6 is 12.2 Å². The third-order valence-corrected chi connectivity index (χ3v) is 6.65. The Morgan fingerprint density at radius 3 is 2.64 bits per heavy atom. The van der Waals surface area contributed by atoms with E-state index in [9.17, 15) is 4.79 Å². The Labute approximate surface area is 174 Å². The lowest BCUT2D eigenvalue weighted by molar-refractivity contribution is -0.971. The van der Waals surface area contributed by atoms with Gasteiger partial charge in [0.15, 0.2) is 5.11 Å². The molecule has 0 amide bonds. The van der Waals surface area contributed by atoms with Crippen LogP contribution in [-0.2, 0) is 16.1 Å². The molecule has 1 aliphatic carbocycles. The van der Waals surface area contributed by atoms with Gasteiger partial charge in [0, 0.05) is 18.4 Å². The van der Waals surface area contributed by atoms with Crippen molar-refractivity contribution < 1.29 is 14.4 Å². The maximum atomic E-state index is 11.6. The summed E-state index contributed by atoms with van der Waals surface area (Å²) in [6, 6.07) is 8.98. The van der Waals surface area contributed by atoms with Crippen LogP contribution in [0.3, 0.4) is 0 Å². The van der Waals surface area contributed by atoms with Crippen LogP contribution in [0.15, 0.2) is 24.3 Å². The molecular formula is C22H34N3O2S+. The Morgan fingerprint density at radius 1 is 1.25 bits per heavy atom. The highest BCUT2D eigenvalue weighted by molar-refractivity contribution is 7.80. The van der Waals surface area contributed by atoms with Crippen LogP contribution in [0, 0.1) is 6.92 Å². The molecule has 0 radical (unpaired) electrons. The van der Waals surface area contributed by atoms with Gasteiger partial charge in [0.1, 0.15) is 18.6 Å². The highest BCUT2D eigenvalue weighted by Gasteiger charge is 2.46. The second kappa shape index (κ2) is 9.70. The number of carbonyl (C=O) groups excluding carboxylic acids is 1. The SMILES string of the molecule is CCOC(=O)CNC(=S)N1CC[NH+](Cc2ccc(C)cc2)C2(CCCCC2)C1. The van der Waals surface area contributed by atoms with E-state index in [-0.39, 0.29) is 18.1 Å². The Kier molecular flexibility index (Phi) is 7.30. The number of hydrogen-bond acceptors (Lipinski definition) is 3. The smallest absolute Gasteiger partial charge is 0.325 e. The summed E-state index contributed by atoms with van der Waals surface area (Å²) in [5, 5.41) is 3.79. The van der Waals surface area contributed by atoms with Crippen molar-refractivity contribution >= 4 is 23.3 Å². The zero-order valence-corrected chi connectivity index (χ0v) is 18.1. The number of ether oxygens (including phenoxy) is 1. The summed E-state index contributed by atoms with van der Waals surface area (Å²) >= 11 is 5.61. The first-order chi connectivity index (χ1) is 13.5. The van der Waals surface area contributed by atoms with Crippen LogP contribution in [0.1, 0.15) is 50.2 Å². The highest BCUT2D eigenvalue weighted by Crippen LogP contribution is 2.28. The maximum Gasteiger partial charge on any atom is 0.325 e. The quantitative estimate of drug-likeness (QED) is 0.579. The lowest BCUT2D eigenvalue weighted by Crippen LogP contribution is -3.22. The van der Waals surface area contributed by atoms with Gasteiger partial charge in [-0.05, 0) is 38.9 Å². The van der Waals surface area contributed by atoms with Crippen LogP contribution in [-0.4, -0.2) is 54.3 Å². The summed E-state index contributed by atoms with van der Waals surface area (Å²) in [6.45, 7) is 8.57. The van der Waals surface area contributed by atoms with E-state index in [1.165, 1.54) is 43.2 Å². The number of aryl methyl sites for hydroxylation is 1. The maximum absolute atomic E-state index is 11.6. The summed E-state index contributed by atoms with van der Waals surface area (Å²) in [5.41, 5.74) is 2.99. The van der Waals surface area contributed by atoms with E-state index < -0.39 is 0 Å². The number of carbonyl (C=O) groups is 1. The molecule has 154 valence electrons. The van der Waals surface area contributed by atoms with Crippen molar-refractivity contribution in [2.75, 3.05) is 32.8 Å². The molecule has 1 atom stereocenters. The molecule has 1 heterocycles. The Hall–Kier alpha value is -1.66. The van der Waals surface area contributed by atoms with E-state index >= 15 is 0 Å². The molecule has 1 aromatic rings. The van der Waals surface area contributed by atoms with Crippen molar-refractivity contribution in [3.05, 3.63) is 35.4 Å². The number of nitrogens with one attached hydrogen (secondary N) is 2. The van der Waals surface area contributed by atoms with Gasteiger partial charge in [-0.3, -0.25) is 4.79 Å². The normalized spacial score (nSPS) is 21.4. The number of quaternary nitrogens is 1. The number of benzene rings is 1. The van der Waals surface area contributed by atoms with Crippen molar-refractivity contribution in [2.45, 2.75) is 58.0 Å². The van der Waals surface area contributed by atoms with Gasteiger partial charge in [0.25, 0.3) is 0 Å². The molecular weight excluding hydrogens is 370 g/mol. The largest absolute Gasteiger partial charge is 0.465 e. The predicted octanol–water partition coefficient (Wildman–Crippen LogP) is 1.84. The molecule has 1 aromatic carbocycles. The lowest BCUT2D eigenvalue weighted by atomic mass is 9.78. The molecule has 28 heavy (non-hydrogen) atoms. The average molecular weight is 405 g/mol. The molecule has 2 fully saturated rings. The van der Waals surface area contributed by atoms with E-state index in [2.05, 4.69) is 41.4 Å². The van der Waals surface area contributed by atoms with E-state index in [0.29, 0.717) is 11.7 Å². The summed E-state index contributed by atoms with van der Waals surface area (Å²) < 4.78 is 5.00. The lowest BCUT2D eigenvalue weighted by Gasteiger charge is -2.50. The van der Waals surface area contributed by atoms with E-state index in [1.54, 1.807) is 4.90 Å². The first-order valence-corrected chi connectivity index (χ1v) is 11.0. The van der Waals surface area contributed by atoms with Crippen molar-refractivity contribution in [1.82, 2.24) is 10.2 Å². The number of thiocarbonyl (C=S) groups is 1. The molecule has 1 saturated carbocycles. The van der Waals surface area contributed by atoms with Gasteiger partial charge >= 0.3 is 5.97 Å². The first kappa shape index (κ1) is 21.1. The summed E-state index contributed by atoms with van der Waals surface area (Å²) in [4.78, 5) is 15.6. The Balaban J connectivity index is 1.65. The number of hydrogen-bond donors (Lipinski definition) is 2. The zero-order valence-electron chi connectivity index (χ0n) is 17.3. The molecule has 0 aromatic heterocycles. The van der Waals surface area contributed by atoms with Crippen LogP contribution in [0.4, 0.5) is 0 Å². The monoisotopic (exact) mass is 404 g/mol. The number of rotatable bonds is 5. The molecule has 5 nitrogen and oxygen atoms in total. The second-order valence-electron chi connectivity index (χ2n) is 8.24. The summed E-state index contributed by atoms with van der Waals surface area (Å²) in [7, 11) is 0. The number of esters is 1. The zero-order chi connectivity index (χ0) is 20.0. The van der Waals surface area contributed by atoms with Crippen molar-refractivity contribution in [2.24, 2.45) is 0 Å². The number of nitrogens with zero attached hydrogens (tertiary/aromatic N) is 1. The number of piperazine rings is 1. The van der Waals surface area contributed by atoms with Crippen molar-refractivity contribution in [1.29, 1.82) is 0 Å². The molecule has 1 aliphatic heterocycles. The van der Waals surface area contributed by atoms with Crippen molar-refractivity contribution in [3.63, 3.8) is 0 Å². The van der Waals surface area contributed by atoms with Crippen molar-refractivity contribution in [3.8, 4) is 0 Å². The minimum absolute atomic E-state index is 0.149. The molecule has 0 bridgehead atoms. The van der Waals surface area contributed by atoms with Gasteiger partial charge in [-0.15, -0.1) is 0 Å². The molecule has 1 spiro atoms.